The van der Waals surface area contributed by atoms with Crippen LogP contribution in [-0.2, 0) is 22.5 Å². The molecule has 0 bridgehead atoms. The van der Waals surface area contributed by atoms with E-state index >= 15 is 0 Å². The fourth-order valence-electron chi connectivity index (χ4n) is 3.37. The molecule has 3 aromatic rings. The van der Waals surface area contributed by atoms with Crippen LogP contribution in [0.1, 0.15) is 30.0 Å². The summed E-state index contributed by atoms with van der Waals surface area (Å²) in [5.41, 5.74) is 2.63. The number of hydrogen-bond donors (Lipinski definition) is 3. The maximum Gasteiger partial charge on any atom is 0.310 e. The van der Waals surface area contributed by atoms with Crippen LogP contribution < -0.4 is 10.6 Å². The first kappa shape index (κ1) is 21.2. The molecular weight excluding hydrogens is 423 g/mol. The molecule has 0 fully saturated rings. The summed E-state index contributed by atoms with van der Waals surface area (Å²) in [5, 5.41) is 16.6. The lowest BCUT2D eigenvalue weighted by molar-refractivity contribution is -0.142. The summed E-state index contributed by atoms with van der Waals surface area (Å²) >= 11 is 6.19. The Morgan fingerprint density at radius 2 is 2.06 bits per heavy atom. The van der Waals surface area contributed by atoms with Crippen molar-refractivity contribution in [2.24, 2.45) is 0 Å². The van der Waals surface area contributed by atoms with E-state index < -0.39 is 12.0 Å². The van der Waals surface area contributed by atoms with Gasteiger partial charge in [-0.1, -0.05) is 29.8 Å². The van der Waals surface area contributed by atoms with E-state index in [2.05, 4.69) is 20.6 Å². The first-order valence-corrected chi connectivity index (χ1v) is 10.1. The zero-order valence-corrected chi connectivity index (χ0v) is 17.4. The van der Waals surface area contributed by atoms with Gasteiger partial charge in [-0.3, -0.25) is 10.1 Å². The highest BCUT2D eigenvalue weighted by Gasteiger charge is 2.28. The number of aliphatic hydroxyl groups is 1. The van der Waals surface area contributed by atoms with Crippen molar-refractivity contribution < 1.29 is 19.0 Å². The molecule has 4 rings (SSSR count). The first-order chi connectivity index (χ1) is 15.0. The molecule has 1 aromatic heterocycles. The number of fused-ring (bicyclic) bond motifs is 1. The zero-order chi connectivity index (χ0) is 22.0. The summed E-state index contributed by atoms with van der Waals surface area (Å²) in [4.78, 5) is 20.5. The number of halogens is 2. The summed E-state index contributed by atoms with van der Waals surface area (Å²) in [6.45, 7) is 2.41. The van der Waals surface area contributed by atoms with Gasteiger partial charge in [0.1, 0.15) is 17.9 Å². The van der Waals surface area contributed by atoms with Crippen LogP contribution in [0.15, 0.2) is 42.5 Å². The molecule has 31 heavy (non-hydrogen) atoms. The summed E-state index contributed by atoms with van der Waals surface area (Å²) in [5.74, 6) is -0.361. The molecule has 0 radical (unpaired) electrons. The molecular formula is C22H20ClFN4O3. The Morgan fingerprint density at radius 1 is 1.29 bits per heavy atom. The Morgan fingerprint density at radius 3 is 2.77 bits per heavy atom. The lowest BCUT2D eigenvalue weighted by Gasteiger charge is -2.15. The van der Waals surface area contributed by atoms with Crippen molar-refractivity contribution in [3.63, 3.8) is 0 Å². The minimum Gasteiger partial charge on any atom is -0.466 e. The molecule has 7 nitrogen and oxygen atoms in total. The highest BCUT2D eigenvalue weighted by atomic mass is 35.5. The molecule has 1 aliphatic heterocycles. The number of carbonyl (C=O) groups is 1. The van der Waals surface area contributed by atoms with E-state index in [1.54, 1.807) is 37.3 Å². The number of nitrogens with zero attached hydrogens (tertiary/aromatic N) is 2. The third-order valence-electron chi connectivity index (χ3n) is 4.82. The second-order valence-electron chi connectivity index (χ2n) is 6.94. The number of hydrogen-bond acceptors (Lipinski definition) is 7. The van der Waals surface area contributed by atoms with Crippen LogP contribution >= 0.6 is 11.6 Å². The highest BCUT2D eigenvalue weighted by Crippen LogP contribution is 2.35. The molecule has 2 heterocycles. The zero-order valence-electron chi connectivity index (χ0n) is 16.7. The Bertz CT molecular complexity index is 1100. The maximum absolute atomic E-state index is 14.4. The quantitative estimate of drug-likeness (QED) is 0.498. The van der Waals surface area contributed by atoms with Crippen LogP contribution in [0, 0.1) is 5.82 Å². The van der Waals surface area contributed by atoms with Gasteiger partial charge < -0.3 is 15.2 Å². The number of rotatable bonds is 6. The van der Waals surface area contributed by atoms with E-state index in [0.717, 1.165) is 5.56 Å². The van der Waals surface area contributed by atoms with E-state index in [9.17, 15) is 14.3 Å². The van der Waals surface area contributed by atoms with Crippen LogP contribution in [0.5, 0.6) is 0 Å². The normalized spacial score (nSPS) is 14.9. The van der Waals surface area contributed by atoms with Crippen molar-refractivity contribution >= 4 is 29.1 Å². The maximum atomic E-state index is 14.4. The number of nitrogens with one attached hydrogen (secondary N) is 2. The van der Waals surface area contributed by atoms with Crippen LogP contribution in [0.2, 0.25) is 5.02 Å². The average molecular weight is 443 g/mol. The molecule has 1 unspecified atom stereocenters. The predicted octanol–water partition coefficient (Wildman–Crippen LogP) is 3.88. The van der Waals surface area contributed by atoms with Gasteiger partial charge in [0.15, 0.2) is 5.82 Å². The van der Waals surface area contributed by atoms with Gasteiger partial charge in [0.05, 0.1) is 34.9 Å². The van der Waals surface area contributed by atoms with Gasteiger partial charge in [0.2, 0.25) is 0 Å². The molecule has 0 aliphatic carbocycles. The van der Waals surface area contributed by atoms with Gasteiger partial charge in [-0.25, -0.2) is 14.4 Å². The molecule has 2 aromatic carbocycles. The van der Waals surface area contributed by atoms with E-state index in [0.29, 0.717) is 35.9 Å². The molecule has 0 saturated heterocycles. The molecule has 160 valence electrons. The SMILES string of the molecule is CCOC(=O)Cc1ccc(Nc2nc(-c3c(F)cccc3Cl)nc3c2C(O)NC3)cc1. The van der Waals surface area contributed by atoms with Gasteiger partial charge in [0, 0.05) is 12.2 Å². The minimum atomic E-state index is -0.953. The van der Waals surface area contributed by atoms with Crippen LogP contribution in [-0.4, -0.2) is 27.7 Å². The largest absolute Gasteiger partial charge is 0.466 e. The number of ether oxygens (including phenoxy) is 1. The van der Waals surface area contributed by atoms with Gasteiger partial charge >= 0.3 is 5.97 Å². The topological polar surface area (TPSA) is 96.4 Å². The van der Waals surface area contributed by atoms with Crippen LogP contribution in [0.3, 0.4) is 0 Å². The number of anilines is 2. The Kier molecular flexibility index (Phi) is 6.13. The van der Waals surface area contributed by atoms with Crippen molar-refractivity contribution in [3.8, 4) is 11.4 Å². The Hall–Kier alpha value is -3.07. The molecule has 0 amide bonds. The number of carbonyl (C=O) groups excluding carboxylic acids is 1. The smallest absolute Gasteiger partial charge is 0.310 e. The Balaban J connectivity index is 1.67. The third-order valence-corrected chi connectivity index (χ3v) is 5.13. The Labute approximate surface area is 183 Å². The molecule has 1 atom stereocenters. The van der Waals surface area contributed by atoms with E-state index in [1.165, 1.54) is 12.1 Å². The summed E-state index contributed by atoms with van der Waals surface area (Å²) in [6.07, 6.45) is -0.777. The fourth-order valence-corrected chi connectivity index (χ4v) is 3.62. The first-order valence-electron chi connectivity index (χ1n) is 9.74. The number of esters is 1. The van der Waals surface area contributed by atoms with Crippen molar-refractivity contribution in [3.05, 3.63) is 70.1 Å². The molecule has 1 aliphatic rings. The molecule has 0 saturated carbocycles. The van der Waals surface area contributed by atoms with Crippen molar-refractivity contribution in [2.75, 3.05) is 11.9 Å². The summed E-state index contributed by atoms with van der Waals surface area (Å²) < 4.78 is 19.4. The van der Waals surface area contributed by atoms with E-state index in [1.807, 2.05) is 0 Å². The second kappa shape index (κ2) is 8.97. The number of aliphatic hydroxyl groups excluding tert-OH is 1. The van der Waals surface area contributed by atoms with E-state index in [-0.39, 0.29) is 28.8 Å². The molecule has 3 N–H and O–H groups in total. The van der Waals surface area contributed by atoms with Gasteiger partial charge in [-0.2, -0.15) is 0 Å². The standard InChI is InChI=1S/C22H20ClFN4O3/c1-2-31-17(29)10-12-6-8-13(9-7-12)26-21-19-16(11-25-22(19)30)27-20(28-21)18-14(23)4-3-5-15(18)24/h3-9,22,25,30H,2,10-11H2,1H3,(H,26,27,28). The minimum absolute atomic E-state index is 0.0983. The van der Waals surface area contributed by atoms with Crippen LogP contribution in [0.25, 0.3) is 11.4 Å². The fraction of sp³-hybridized carbons (Fsp3) is 0.227. The summed E-state index contributed by atoms with van der Waals surface area (Å²) in [7, 11) is 0. The van der Waals surface area contributed by atoms with Crippen LogP contribution in [0.4, 0.5) is 15.9 Å². The van der Waals surface area contributed by atoms with Crippen molar-refractivity contribution in [1.82, 2.24) is 15.3 Å². The molecule has 9 heteroatoms. The predicted molar refractivity (Wildman–Crippen MR) is 114 cm³/mol. The van der Waals surface area contributed by atoms with Gasteiger partial charge in [-0.15, -0.1) is 0 Å². The average Bonchev–Trinajstić information content (AvgIpc) is 3.11. The summed E-state index contributed by atoms with van der Waals surface area (Å²) in [6, 6.07) is 11.5. The third kappa shape index (κ3) is 4.51. The highest BCUT2D eigenvalue weighted by molar-refractivity contribution is 6.33. The second-order valence-corrected chi connectivity index (χ2v) is 7.35. The monoisotopic (exact) mass is 442 g/mol. The van der Waals surface area contributed by atoms with Gasteiger partial charge in [0.25, 0.3) is 0 Å². The number of benzene rings is 2. The van der Waals surface area contributed by atoms with Gasteiger partial charge in [-0.05, 0) is 36.8 Å². The van der Waals surface area contributed by atoms with E-state index in [4.69, 9.17) is 16.3 Å². The molecule has 0 spiro atoms. The number of aromatic nitrogens is 2. The lowest BCUT2D eigenvalue weighted by atomic mass is 10.1. The van der Waals surface area contributed by atoms with Crippen molar-refractivity contribution in [1.29, 1.82) is 0 Å². The lowest BCUT2D eigenvalue weighted by Crippen LogP contribution is -2.12. The van der Waals surface area contributed by atoms with Crippen molar-refractivity contribution in [2.45, 2.75) is 26.1 Å².